The zero-order valence-corrected chi connectivity index (χ0v) is 20.0. The van der Waals surface area contributed by atoms with Crippen LogP contribution in [0.1, 0.15) is 5.82 Å². The first-order valence-corrected chi connectivity index (χ1v) is 9.95. The molecule has 8 heteroatoms. The average Bonchev–Trinajstić information content (AvgIpc) is 3.10. The van der Waals surface area contributed by atoms with Crippen molar-refractivity contribution in [1.29, 1.82) is 0 Å². The van der Waals surface area contributed by atoms with E-state index in [4.69, 9.17) is 9.72 Å². The van der Waals surface area contributed by atoms with Crippen LogP contribution in [0.2, 0.25) is 0 Å². The Balaban J connectivity index is 0.00000256. The number of guanidine groups is 1. The molecule has 0 atom stereocenters. The van der Waals surface area contributed by atoms with Crippen molar-refractivity contribution in [2.75, 3.05) is 45.2 Å². The monoisotopic (exact) mass is 520 g/mol. The van der Waals surface area contributed by atoms with Gasteiger partial charge in [-0.3, -0.25) is 4.99 Å². The van der Waals surface area contributed by atoms with Crippen molar-refractivity contribution in [2.45, 2.75) is 6.54 Å². The van der Waals surface area contributed by atoms with Crippen LogP contribution in [-0.4, -0.2) is 60.7 Å². The van der Waals surface area contributed by atoms with Gasteiger partial charge in [-0.25, -0.2) is 4.98 Å². The third kappa shape index (κ3) is 4.48. The standard InChI is InChI=1S/C22H28N6O.HI/c1-23-22(24-16-21-25-17-8-4-5-9-18(17)26(21)2)28-14-12-27(13-15-28)19-10-6-7-11-20(19)29-3;/h4-11H,12-16H2,1-3H3,(H,23,24);1H. The van der Waals surface area contributed by atoms with Crippen molar-refractivity contribution in [3.8, 4) is 5.75 Å². The lowest BCUT2D eigenvalue weighted by molar-refractivity contribution is 0.366. The highest BCUT2D eigenvalue weighted by Crippen LogP contribution is 2.28. The van der Waals surface area contributed by atoms with Crippen LogP contribution >= 0.6 is 24.0 Å². The highest BCUT2D eigenvalue weighted by molar-refractivity contribution is 14.0. The summed E-state index contributed by atoms with van der Waals surface area (Å²) >= 11 is 0. The predicted octanol–water partition coefficient (Wildman–Crippen LogP) is 3.10. The third-order valence-corrected chi connectivity index (χ3v) is 5.50. The van der Waals surface area contributed by atoms with Crippen molar-refractivity contribution in [3.05, 3.63) is 54.4 Å². The molecule has 0 bridgehead atoms. The molecule has 0 spiro atoms. The fraction of sp³-hybridized carbons (Fsp3) is 0.364. The summed E-state index contributed by atoms with van der Waals surface area (Å²) in [5.74, 6) is 2.84. The SMILES string of the molecule is CN=C(NCc1nc2ccccc2n1C)N1CCN(c2ccccc2OC)CC1.I. The van der Waals surface area contributed by atoms with Gasteiger partial charge in [0.15, 0.2) is 5.96 Å². The van der Waals surface area contributed by atoms with Crippen LogP contribution in [0, 0.1) is 0 Å². The van der Waals surface area contributed by atoms with Gasteiger partial charge in [-0.05, 0) is 24.3 Å². The molecule has 1 saturated heterocycles. The lowest BCUT2D eigenvalue weighted by Gasteiger charge is -2.38. The van der Waals surface area contributed by atoms with Crippen LogP contribution in [0.25, 0.3) is 11.0 Å². The first-order valence-electron chi connectivity index (χ1n) is 9.95. The van der Waals surface area contributed by atoms with Gasteiger partial charge < -0.3 is 24.4 Å². The quantitative estimate of drug-likeness (QED) is 0.326. The molecule has 2 aromatic carbocycles. The van der Waals surface area contributed by atoms with Gasteiger partial charge in [0.1, 0.15) is 11.6 Å². The number of piperazine rings is 1. The maximum absolute atomic E-state index is 5.52. The first-order chi connectivity index (χ1) is 14.2. The Kier molecular flexibility index (Phi) is 7.41. The van der Waals surface area contributed by atoms with Crippen LogP contribution in [0.5, 0.6) is 5.75 Å². The second-order valence-corrected chi connectivity index (χ2v) is 7.12. The summed E-state index contributed by atoms with van der Waals surface area (Å²) < 4.78 is 7.65. The van der Waals surface area contributed by atoms with Gasteiger partial charge in [0.2, 0.25) is 0 Å². The Morgan fingerprint density at radius 1 is 1.07 bits per heavy atom. The van der Waals surface area contributed by atoms with Gasteiger partial charge in [-0.1, -0.05) is 24.3 Å². The number of aromatic nitrogens is 2. The van der Waals surface area contributed by atoms with Gasteiger partial charge >= 0.3 is 0 Å². The van der Waals surface area contributed by atoms with E-state index in [1.165, 1.54) is 0 Å². The summed E-state index contributed by atoms with van der Waals surface area (Å²) in [5.41, 5.74) is 3.31. The molecule has 1 N–H and O–H groups in total. The number of imidazole rings is 1. The van der Waals surface area contributed by atoms with Crippen molar-refractivity contribution >= 4 is 46.7 Å². The van der Waals surface area contributed by atoms with Gasteiger partial charge in [-0.15, -0.1) is 24.0 Å². The molecule has 0 unspecified atom stereocenters. The fourth-order valence-electron chi connectivity index (χ4n) is 3.89. The van der Waals surface area contributed by atoms with E-state index < -0.39 is 0 Å². The molecule has 1 fully saturated rings. The predicted molar refractivity (Wildman–Crippen MR) is 133 cm³/mol. The van der Waals surface area contributed by atoms with Crippen LogP contribution in [0.15, 0.2) is 53.5 Å². The van der Waals surface area contributed by atoms with Crippen molar-refractivity contribution < 1.29 is 4.74 Å². The summed E-state index contributed by atoms with van der Waals surface area (Å²) in [5, 5.41) is 3.48. The highest BCUT2D eigenvalue weighted by atomic mass is 127. The number of anilines is 1. The number of halogens is 1. The molecule has 0 aliphatic carbocycles. The van der Waals surface area contributed by atoms with E-state index in [0.717, 1.165) is 60.4 Å². The lowest BCUT2D eigenvalue weighted by Crippen LogP contribution is -2.52. The van der Waals surface area contributed by atoms with E-state index in [0.29, 0.717) is 6.54 Å². The maximum atomic E-state index is 5.52. The molecule has 1 aliphatic rings. The van der Waals surface area contributed by atoms with E-state index in [-0.39, 0.29) is 24.0 Å². The zero-order valence-electron chi connectivity index (χ0n) is 17.7. The molecule has 0 radical (unpaired) electrons. The number of aryl methyl sites for hydroxylation is 1. The number of aliphatic imine (C=N–C) groups is 1. The Morgan fingerprint density at radius 3 is 2.47 bits per heavy atom. The topological polar surface area (TPSA) is 57.9 Å². The maximum Gasteiger partial charge on any atom is 0.194 e. The number of para-hydroxylation sites is 4. The molecule has 0 amide bonds. The molecule has 4 rings (SSSR count). The lowest BCUT2D eigenvalue weighted by atomic mass is 10.2. The Hall–Kier alpha value is -2.49. The molecule has 0 saturated carbocycles. The fourth-order valence-corrected chi connectivity index (χ4v) is 3.89. The molecule has 2 heterocycles. The van der Waals surface area contributed by atoms with Gasteiger partial charge in [0.25, 0.3) is 0 Å². The number of benzene rings is 2. The smallest absolute Gasteiger partial charge is 0.194 e. The van der Waals surface area contributed by atoms with E-state index in [1.807, 2.05) is 37.4 Å². The molecule has 7 nitrogen and oxygen atoms in total. The van der Waals surface area contributed by atoms with Crippen molar-refractivity contribution in [1.82, 2.24) is 19.8 Å². The Labute approximate surface area is 194 Å². The number of rotatable bonds is 4. The van der Waals surface area contributed by atoms with Gasteiger partial charge in [-0.2, -0.15) is 0 Å². The van der Waals surface area contributed by atoms with Crippen LogP contribution < -0.4 is 15.0 Å². The number of hydrogen-bond acceptors (Lipinski definition) is 4. The molecule has 3 aromatic rings. The zero-order chi connectivity index (χ0) is 20.2. The summed E-state index contributed by atoms with van der Waals surface area (Å²) in [7, 11) is 5.62. The van der Waals surface area contributed by atoms with E-state index in [9.17, 15) is 0 Å². The van der Waals surface area contributed by atoms with Gasteiger partial charge in [0, 0.05) is 40.3 Å². The minimum absolute atomic E-state index is 0. The van der Waals surface area contributed by atoms with Crippen LogP contribution in [0.3, 0.4) is 0 Å². The number of ether oxygens (including phenoxy) is 1. The molecular weight excluding hydrogens is 491 g/mol. The van der Waals surface area contributed by atoms with E-state index >= 15 is 0 Å². The minimum atomic E-state index is 0. The third-order valence-electron chi connectivity index (χ3n) is 5.50. The molecule has 1 aromatic heterocycles. The van der Waals surface area contributed by atoms with Crippen molar-refractivity contribution in [3.63, 3.8) is 0 Å². The number of nitrogens with zero attached hydrogens (tertiary/aromatic N) is 5. The highest BCUT2D eigenvalue weighted by Gasteiger charge is 2.22. The number of hydrogen-bond donors (Lipinski definition) is 1. The average molecular weight is 520 g/mol. The largest absolute Gasteiger partial charge is 0.495 e. The summed E-state index contributed by atoms with van der Waals surface area (Å²) in [6, 6.07) is 16.4. The number of nitrogens with one attached hydrogen (secondary N) is 1. The van der Waals surface area contributed by atoms with E-state index in [1.54, 1.807) is 7.11 Å². The Bertz CT molecular complexity index is 1010. The second kappa shape index (κ2) is 10.0. The second-order valence-electron chi connectivity index (χ2n) is 7.12. The molecule has 160 valence electrons. The normalized spacial score (nSPS) is 14.6. The number of fused-ring (bicyclic) bond motifs is 1. The molecule has 30 heavy (non-hydrogen) atoms. The minimum Gasteiger partial charge on any atom is -0.495 e. The Morgan fingerprint density at radius 2 is 1.77 bits per heavy atom. The molecular formula is C22H29IN6O. The number of methoxy groups -OCH3 is 1. The summed E-state index contributed by atoms with van der Waals surface area (Å²) in [6.45, 7) is 4.30. The van der Waals surface area contributed by atoms with Crippen molar-refractivity contribution in [2.24, 2.45) is 12.0 Å². The molecule has 1 aliphatic heterocycles. The summed E-state index contributed by atoms with van der Waals surface area (Å²) in [6.07, 6.45) is 0. The van der Waals surface area contributed by atoms with Gasteiger partial charge in [0.05, 0.1) is 30.4 Å². The van der Waals surface area contributed by atoms with E-state index in [2.05, 4.69) is 49.9 Å². The first kappa shape index (κ1) is 22.2. The van der Waals surface area contributed by atoms with Crippen LogP contribution in [-0.2, 0) is 13.6 Å². The van der Waals surface area contributed by atoms with Crippen LogP contribution in [0.4, 0.5) is 5.69 Å². The summed E-state index contributed by atoms with van der Waals surface area (Å²) in [4.78, 5) is 13.9.